The number of hydrogen-bond donors (Lipinski definition) is 0. The third-order valence-electron chi connectivity index (χ3n) is 2.70. The summed E-state index contributed by atoms with van der Waals surface area (Å²) in [6.07, 6.45) is 0. The van der Waals surface area contributed by atoms with Crippen LogP contribution in [0.2, 0.25) is 5.15 Å². The van der Waals surface area contributed by atoms with Gasteiger partial charge in [-0.2, -0.15) is 0 Å². The van der Waals surface area contributed by atoms with E-state index in [0.717, 1.165) is 10.9 Å². The molecule has 0 atom stereocenters. The summed E-state index contributed by atoms with van der Waals surface area (Å²) in [4.78, 5) is 4.22. The van der Waals surface area contributed by atoms with Gasteiger partial charge in [0.2, 0.25) is 0 Å². The van der Waals surface area contributed by atoms with Crippen molar-refractivity contribution < 1.29 is 9.13 Å². The number of nitrogens with zero attached hydrogens (tertiary/aromatic N) is 1. The SMILES string of the molecule is Fc1ccc(Oc2cccc3nc(Cl)ccc23)cc1. The van der Waals surface area contributed by atoms with Gasteiger partial charge in [0.05, 0.1) is 5.52 Å². The summed E-state index contributed by atoms with van der Waals surface area (Å²) in [5.74, 6) is 0.941. The molecule has 0 N–H and O–H groups in total. The Morgan fingerprint density at radius 2 is 1.74 bits per heavy atom. The smallest absolute Gasteiger partial charge is 0.136 e. The lowest BCUT2D eigenvalue weighted by Gasteiger charge is -2.08. The van der Waals surface area contributed by atoms with Gasteiger partial charge < -0.3 is 4.74 Å². The fourth-order valence-electron chi connectivity index (χ4n) is 1.82. The van der Waals surface area contributed by atoms with Crippen molar-refractivity contribution in [1.82, 2.24) is 4.98 Å². The third-order valence-corrected chi connectivity index (χ3v) is 2.91. The van der Waals surface area contributed by atoms with Crippen molar-refractivity contribution in [2.24, 2.45) is 0 Å². The lowest BCUT2D eigenvalue weighted by atomic mass is 10.2. The van der Waals surface area contributed by atoms with Crippen molar-refractivity contribution in [3.05, 3.63) is 65.6 Å². The van der Waals surface area contributed by atoms with Crippen LogP contribution in [0.15, 0.2) is 54.6 Å². The second kappa shape index (κ2) is 4.86. The van der Waals surface area contributed by atoms with Crippen LogP contribution >= 0.6 is 11.6 Å². The zero-order chi connectivity index (χ0) is 13.2. The summed E-state index contributed by atoms with van der Waals surface area (Å²) in [5.41, 5.74) is 0.757. The molecular weight excluding hydrogens is 265 g/mol. The molecule has 0 bridgehead atoms. The van der Waals surface area contributed by atoms with Gasteiger partial charge in [-0.15, -0.1) is 0 Å². The van der Waals surface area contributed by atoms with Crippen molar-refractivity contribution >= 4 is 22.5 Å². The number of halogens is 2. The molecule has 0 aliphatic heterocycles. The number of benzene rings is 2. The molecule has 0 aliphatic rings. The monoisotopic (exact) mass is 273 g/mol. The maximum atomic E-state index is 12.8. The van der Waals surface area contributed by atoms with Crippen LogP contribution in [0.25, 0.3) is 10.9 Å². The largest absolute Gasteiger partial charge is 0.457 e. The Balaban J connectivity index is 2.03. The van der Waals surface area contributed by atoms with Gasteiger partial charge in [-0.3, -0.25) is 0 Å². The first-order valence-corrected chi connectivity index (χ1v) is 6.09. The van der Waals surface area contributed by atoms with Crippen molar-refractivity contribution in [2.45, 2.75) is 0 Å². The van der Waals surface area contributed by atoms with Crippen LogP contribution < -0.4 is 4.74 Å². The number of fused-ring (bicyclic) bond motifs is 1. The van der Waals surface area contributed by atoms with Crippen LogP contribution in [0.1, 0.15) is 0 Å². The van der Waals surface area contributed by atoms with E-state index >= 15 is 0 Å². The van der Waals surface area contributed by atoms with Crippen LogP contribution in [0.3, 0.4) is 0 Å². The third kappa shape index (κ3) is 2.51. The molecule has 0 saturated carbocycles. The Morgan fingerprint density at radius 3 is 2.53 bits per heavy atom. The molecule has 1 heterocycles. The Bertz CT molecular complexity index is 728. The molecule has 0 aliphatic carbocycles. The average molecular weight is 274 g/mol. The van der Waals surface area contributed by atoms with Gasteiger partial charge in [-0.1, -0.05) is 17.7 Å². The highest BCUT2D eigenvalue weighted by Crippen LogP contribution is 2.29. The fourth-order valence-corrected chi connectivity index (χ4v) is 1.97. The first-order chi connectivity index (χ1) is 9.22. The predicted molar refractivity (Wildman–Crippen MR) is 73.2 cm³/mol. The molecule has 94 valence electrons. The minimum atomic E-state index is -0.293. The molecule has 3 aromatic rings. The van der Waals surface area contributed by atoms with E-state index in [1.54, 1.807) is 18.2 Å². The summed E-state index contributed by atoms with van der Waals surface area (Å²) < 4.78 is 18.6. The zero-order valence-electron chi connectivity index (χ0n) is 9.81. The topological polar surface area (TPSA) is 22.1 Å². The molecule has 2 nitrogen and oxygen atoms in total. The molecule has 3 rings (SSSR count). The fraction of sp³-hybridized carbons (Fsp3) is 0. The molecule has 19 heavy (non-hydrogen) atoms. The Kier molecular flexibility index (Phi) is 3.05. The molecule has 1 aromatic heterocycles. The van der Waals surface area contributed by atoms with Crippen LogP contribution in [-0.2, 0) is 0 Å². The van der Waals surface area contributed by atoms with E-state index in [-0.39, 0.29) is 5.82 Å². The number of pyridine rings is 1. The number of rotatable bonds is 2. The maximum absolute atomic E-state index is 12.8. The minimum Gasteiger partial charge on any atom is -0.457 e. The molecule has 0 saturated heterocycles. The minimum absolute atomic E-state index is 0.293. The van der Waals surface area contributed by atoms with Crippen LogP contribution in [0.4, 0.5) is 4.39 Å². The number of aromatic nitrogens is 1. The summed E-state index contributed by atoms with van der Waals surface area (Å²) >= 11 is 5.86. The second-order valence-corrected chi connectivity index (χ2v) is 4.40. The van der Waals surface area contributed by atoms with Gasteiger partial charge in [-0.25, -0.2) is 9.37 Å². The first kappa shape index (κ1) is 11.9. The van der Waals surface area contributed by atoms with Crippen molar-refractivity contribution in [3.63, 3.8) is 0 Å². The predicted octanol–water partition coefficient (Wildman–Crippen LogP) is 4.82. The van der Waals surface area contributed by atoms with Crippen LogP contribution in [0.5, 0.6) is 11.5 Å². The molecule has 0 amide bonds. The summed E-state index contributed by atoms with van der Waals surface area (Å²) in [5, 5.41) is 1.29. The van der Waals surface area contributed by atoms with Crippen molar-refractivity contribution in [1.29, 1.82) is 0 Å². The summed E-state index contributed by atoms with van der Waals surface area (Å²) in [6.45, 7) is 0. The van der Waals surface area contributed by atoms with Crippen LogP contribution in [0, 0.1) is 5.82 Å². The number of hydrogen-bond acceptors (Lipinski definition) is 2. The lowest BCUT2D eigenvalue weighted by Crippen LogP contribution is -1.87. The summed E-state index contributed by atoms with van der Waals surface area (Å²) in [6, 6.07) is 15.0. The number of ether oxygens (including phenoxy) is 1. The van der Waals surface area contributed by atoms with E-state index in [4.69, 9.17) is 16.3 Å². The normalized spacial score (nSPS) is 10.6. The highest BCUT2D eigenvalue weighted by atomic mass is 35.5. The van der Waals surface area contributed by atoms with Gasteiger partial charge in [0.25, 0.3) is 0 Å². The van der Waals surface area contributed by atoms with Gasteiger partial charge in [0.1, 0.15) is 22.5 Å². The van der Waals surface area contributed by atoms with Gasteiger partial charge in [0.15, 0.2) is 0 Å². The molecule has 0 spiro atoms. The van der Waals surface area contributed by atoms with Gasteiger partial charge in [0, 0.05) is 5.39 Å². The van der Waals surface area contributed by atoms with Crippen molar-refractivity contribution in [2.75, 3.05) is 0 Å². The van der Waals surface area contributed by atoms with E-state index in [9.17, 15) is 4.39 Å². The van der Waals surface area contributed by atoms with Crippen LogP contribution in [-0.4, -0.2) is 4.98 Å². The Hall–Kier alpha value is -2.13. The molecule has 4 heteroatoms. The molecule has 0 fully saturated rings. The molecule has 2 aromatic carbocycles. The summed E-state index contributed by atoms with van der Waals surface area (Å²) in [7, 11) is 0. The van der Waals surface area contributed by atoms with E-state index in [1.807, 2.05) is 24.3 Å². The molecule has 0 unspecified atom stereocenters. The van der Waals surface area contributed by atoms with Gasteiger partial charge >= 0.3 is 0 Å². The molecular formula is C15H9ClFNO. The maximum Gasteiger partial charge on any atom is 0.136 e. The average Bonchev–Trinajstić information content (AvgIpc) is 2.41. The lowest BCUT2D eigenvalue weighted by molar-refractivity contribution is 0.486. The Labute approximate surface area is 114 Å². The first-order valence-electron chi connectivity index (χ1n) is 5.71. The highest BCUT2D eigenvalue weighted by molar-refractivity contribution is 6.29. The zero-order valence-corrected chi connectivity index (χ0v) is 10.6. The van der Waals surface area contributed by atoms with E-state index in [1.165, 1.54) is 12.1 Å². The highest BCUT2D eigenvalue weighted by Gasteiger charge is 2.05. The molecule has 0 radical (unpaired) electrons. The standard InChI is InChI=1S/C15H9ClFNO/c16-15-9-8-12-13(18-15)2-1-3-14(12)19-11-6-4-10(17)5-7-11/h1-9H. The van der Waals surface area contributed by atoms with Crippen molar-refractivity contribution in [3.8, 4) is 11.5 Å². The Morgan fingerprint density at radius 1 is 0.947 bits per heavy atom. The second-order valence-electron chi connectivity index (χ2n) is 4.01. The van der Waals surface area contributed by atoms with Gasteiger partial charge in [-0.05, 0) is 48.5 Å². The quantitative estimate of drug-likeness (QED) is 0.625. The van der Waals surface area contributed by atoms with E-state index in [0.29, 0.717) is 16.7 Å². The van der Waals surface area contributed by atoms with E-state index in [2.05, 4.69) is 4.98 Å². The van der Waals surface area contributed by atoms with E-state index < -0.39 is 0 Å².